The van der Waals surface area contributed by atoms with E-state index in [0.717, 1.165) is 19.4 Å². The van der Waals surface area contributed by atoms with Crippen LogP contribution in [0.25, 0.3) is 0 Å². The zero-order valence-corrected chi connectivity index (χ0v) is 18.5. The van der Waals surface area contributed by atoms with E-state index in [2.05, 4.69) is 57.2 Å². The van der Waals surface area contributed by atoms with Crippen LogP contribution in [0.5, 0.6) is 0 Å². The lowest BCUT2D eigenvalue weighted by Gasteiger charge is -2.25. The molecule has 1 aromatic heterocycles. The quantitative estimate of drug-likeness (QED) is 0.477. The lowest BCUT2D eigenvalue weighted by molar-refractivity contribution is 0.566. The maximum Gasteiger partial charge on any atom is 0.146 e. The first-order valence-electron chi connectivity index (χ1n) is 8.14. The van der Waals surface area contributed by atoms with Crippen LogP contribution in [0.15, 0.2) is 16.7 Å². The first-order valence-corrected chi connectivity index (χ1v) is 10.6. The fraction of sp³-hybridized carbons (Fsp3) is 0.647. The number of nitriles is 1. The van der Waals surface area contributed by atoms with Crippen molar-refractivity contribution in [2.45, 2.75) is 63.0 Å². The largest absolute Gasteiger partial charge is 0.263 e. The number of aromatic nitrogens is 1. The molecule has 1 aliphatic rings. The summed E-state index contributed by atoms with van der Waals surface area (Å²) < 4.78 is 20.4. The number of nitrogens with one attached hydrogen (secondary N) is 2. The van der Waals surface area contributed by atoms with Gasteiger partial charge in [-0.2, -0.15) is 5.26 Å². The number of pyridine rings is 1. The number of hydrogen-bond acceptors (Lipinski definition) is 6. The highest BCUT2D eigenvalue weighted by Gasteiger charge is 2.26. The van der Waals surface area contributed by atoms with E-state index in [9.17, 15) is 4.39 Å². The molecule has 2 unspecified atom stereocenters. The standard InChI is InChI=1S/C11H16BrFN2S.C6H10N2S/c1-7(15-16-11(2,3)4)10-8(13)5-6-9(12)14-10;1-6(5-7)3-2-4-8-9-6/h5-7,15H,1-4H3;8H,2-4H2,1H3. The summed E-state index contributed by atoms with van der Waals surface area (Å²) in [5.41, 5.74) is 0.436. The predicted molar refractivity (Wildman–Crippen MR) is 110 cm³/mol. The van der Waals surface area contributed by atoms with Gasteiger partial charge in [-0.3, -0.25) is 9.44 Å². The average molecular weight is 449 g/mol. The van der Waals surface area contributed by atoms with Gasteiger partial charge in [-0.25, -0.2) is 9.37 Å². The minimum Gasteiger partial charge on any atom is -0.263 e. The molecule has 4 nitrogen and oxygen atoms in total. The average Bonchev–Trinajstić information content (AvgIpc) is 2.55. The van der Waals surface area contributed by atoms with Crippen molar-refractivity contribution >= 4 is 39.8 Å². The number of nitrogens with zero attached hydrogens (tertiary/aromatic N) is 2. The highest BCUT2D eigenvalue weighted by atomic mass is 79.9. The van der Waals surface area contributed by atoms with E-state index in [-0.39, 0.29) is 21.4 Å². The van der Waals surface area contributed by atoms with Crippen LogP contribution < -0.4 is 9.44 Å². The molecular formula is C17H26BrFN4S2. The Bertz CT molecular complexity index is 595. The van der Waals surface area contributed by atoms with E-state index in [0.29, 0.717) is 10.3 Å². The van der Waals surface area contributed by atoms with Crippen LogP contribution >= 0.6 is 39.8 Å². The smallest absolute Gasteiger partial charge is 0.146 e. The third-order valence-electron chi connectivity index (χ3n) is 3.26. The van der Waals surface area contributed by atoms with Crippen molar-refractivity contribution in [2.75, 3.05) is 6.54 Å². The van der Waals surface area contributed by atoms with Crippen LogP contribution in [-0.2, 0) is 0 Å². The molecule has 0 radical (unpaired) electrons. The van der Waals surface area contributed by atoms with Crippen molar-refractivity contribution in [3.05, 3.63) is 28.2 Å². The molecule has 25 heavy (non-hydrogen) atoms. The van der Waals surface area contributed by atoms with Gasteiger partial charge >= 0.3 is 0 Å². The topological polar surface area (TPSA) is 60.7 Å². The van der Waals surface area contributed by atoms with Crippen LogP contribution in [0.4, 0.5) is 4.39 Å². The summed E-state index contributed by atoms with van der Waals surface area (Å²) in [6.07, 6.45) is 2.14. The Labute approximate surface area is 167 Å². The molecule has 1 aliphatic heterocycles. The number of hydrogen-bond donors (Lipinski definition) is 2. The molecule has 1 saturated heterocycles. The zero-order valence-electron chi connectivity index (χ0n) is 15.3. The molecule has 0 saturated carbocycles. The van der Waals surface area contributed by atoms with E-state index >= 15 is 0 Å². The Balaban J connectivity index is 0.000000293. The number of rotatable bonds is 3. The molecule has 1 aromatic rings. The fourth-order valence-corrected chi connectivity index (χ4v) is 3.72. The molecule has 0 amide bonds. The summed E-state index contributed by atoms with van der Waals surface area (Å²) in [6, 6.07) is 5.18. The highest BCUT2D eigenvalue weighted by Crippen LogP contribution is 2.29. The molecule has 2 heterocycles. The molecule has 1 fully saturated rings. The molecule has 2 N–H and O–H groups in total. The molecule has 8 heteroatoms. The van der Waals surface area contributed by atoms with E-state index in [4.69, 9.17) is 5.26 Å². The van der Waals surface area contributed by atoms with Crippen LogP contribution in [0, 0.1) is 17.1 Å². The van der Waals surface area contributed by atoms with Gasteiger partial charge in [0.05, 0.1) is 17.8 Å². The molecule has 0 aromatic carbocycles. The molecule has 140 valence electrons. The summed E-state index contributed by atoms with van der Waals surface area (Å²) in [4.78, 5) is 4.14. The monoisotopic (exact) mass is 448 g/mol. The van der Waals surface area contributed by atoms with Gasteiger partial charge in [0.15, 0.2) is 0 Å². The van der Waals surface area contributed by atoms with Crippen LogP contribution in [0.3, 0.4) is 0 Å². The fourth-order valence-electron chi connectivity index (χ4n) is 1.90. The summed E-state index contributed by atoms with van der Waals surface area (Å²) in [7, 11) is 0. The normalized spacial score (nSPS) is 21.7. The van der Waals surface area contributed by atoms with Crippen molar-refractivity contribution in [2.24, 2.45) is 0 Å². The number of halogens is 2. The predicted octanol–water partition coefficient (Wildman–Crippen LogP) is 5.38. The highest BCUT2D eigenvalue weighted by molar-refractivity contribution is 9.10. The van der Waals surface area contributed by atoms with Crippen LogP contribution in [0.1, 0.15) is 59.2 Å². The summed E-state index contributed by atoms with van der Waals surface area (Å²) in [5, 5.41) is 8.64. The van der Waals surface area contributed by atoms with Gasteiger partial charge in [0.1, 0.15) is 15.2 Å². The molecule has 0 aliphatic carbocycles. The molecule has 0 spiro atoms. The second kappa shape index (κ2) is 10.1. The lowest BCUT2D eigenvalue weighted by atomic mass is 10.1. The van der Waals surface area contributed by atoms with Crippen molar-refractivity contribution in [3.63, 3.8) is 0 Å². The maximum absolute atomic E-state index is 13.5. The molecule has 0 bridgehead atoms. The van der Waals surface area contributed by atoms with E-state index in [1.54, 1.807) is 30.0 Å². The molecule has 2 rings (SSSR count). The van der Waals surface area contributed by atoms with Crippen molar-refractivity contribution in [1.82, 2.24) is 14.4 Å². The Morgan fingerprint density at radius 2 is 2.20 bits per heavy atom. The van der Waals surface area contributed by atoms with Crippen molar-refractivity contribution in [3.8, 4) is 6.07 Å². The van der Waals surface area contributed by atoms with Gasteiger partial charge in [-0.1, -0.05) is 23.9 Å². The Kier molecular flexibility index (Phi) is 9.19. The van der Waals surface area contributed by atoms with Gasteiger partial charge in [-0.15, -0.1) is 0 Å². The van der Waals surface area contributed by atoms with Crippen molar-refractivity contribution in [1.29, 1.82) is 5.26 Å². The summed E-state index contributed by atoms with van der Waals surface area (Å²) >= 11 is 6.38. The first kappa shape index (κ1) is 22.7. The zero-order chi connectivity index (χ0) is 19.1. The Hall–Kier alpha value is -0.330. The van der Waals surface area contributed by atoms with E-state index in [1.807, 2.05) is 13.8 Å². The second-order valence-corrected chi connectivity index (χ2v) is 10.9. The molecule has 2 atom stereocenters. The van der Waals surface area contributed by atoms with Crippen LogP contribution in [0.2, 0.25) is 0 Å². The van der Waals surface area contributed by atoms with Crippen molar-refractivity contribution < 1.29 is 4.39 Å². The SMILES string of the molecule is CC(NSC(C)(C)C)c1nc(Br)ccc1F.CC1(C#N)CCCNS1. The van der Waals surface area contributed by atoms with Gasteiger partial charge in [-0.05, 0) is 75.5 Å². The van der Waals surface area contributed by atoms with E-state index in [1.165, 1.54) is 6.07 Å². The Morgan fingerprint density at radius 1 is 1.52 bits per heavy atom. The third-order valence-corrected chi connectivity index (χ3v) is 5.88. The summed E-state index contributed by atoms with van der Waals surface area (Å²) in [6.45, 7) is 11.2. The lowest BCUT2D eigenvalue weighted by Crippen LogP contribution is -2.29. The van der Waals surface area contributed by atoms with Crippen LogP contribution in [-0.4, -0.2) is 21.0 Å². The van der Waals surface area contributed by atoms with Gasteiger partial charge in [0.25, 0.3) is 0 Å². The minimum absolute atomic E-state index is 0.0940. The third kappa shape index (κ3) is 8.74. The molecular weight excluding hydrogens is 423 g/mol. The second-order valence-electron chi connectivity index (χ2n) is 7.00. The van der Waals surface area contributed by atoms with Gasteiger partial charge in [0, 0.05) is 11.3 Å². The van der Waals surface area contributed by atoms with Gasteiger partial charge in [0.2, 0.25) is 0 Å². The minimum atomic E-state index is -0.280. The Morgan fingerprint density at radius 3 is 2.68 bits per heavy atom. The van der Waals surface area contributed by atoms with E-state index < -0.39 is 0 Å². The van der Waals surface area contributed by atoms with Gasteiger partial charge < -0.3 is 0 Å². The first-order chi connectivity index (χ1) is 11.6. The maximum atomic E-state index is 13.5. The summed E-state index contributed by atoms with van der Waals surface area (Å²) in [5.74, 6) is -0.280.